The van der Waals surface area contributed by atoms with Gasteiger partial charge in [0.25, 0.3) is 0 Å². The zero-order valence-corrected chi connectivity index (χ0v) is 17.7. The predicted molar refractivity (Wildman–Crippen MR) is 108 cm³/mol. The number of sulfonamides is 1. The molecule has 0 aromatic rings. The maximum Gasteiger partial charge on any atom is 0.391 e. The van der Waals surface area contributed by atoms with Crippen LogP contribution in [0, 0.1) is 11.8 Å². The summed E-state index contributed by atoms with van der Waals surface area (Å²) in [6, 6.07) is -2.06. The molecule has 0 bridgehead atoms. The van der Waals surface area contributed by atoms with Crippen molar-refractivity contribution in [1.82, 2.24) is 30.9 Å². The summed E-state index contributed by atoms with van der Waals surface area (Å²) in [6.07, 6.45) is -5.79. The fraction of sp³-hybridized carbons (Fsp3) is 1.00. The van der Waals surface area contributed by atoms with Gasteiger partial charge < -0.3 is 10.1 Å². The van der Waals surface area contributed by atoms with Gasteiger partial charge in [-0.2, -0.15) is 13.2 Å². The molecule has 7 atom stereocenters. The van der Waals surface area contributed by atoms with Gasteiger partial charge in [0.1, 0.15) is 5.25 Å². The quantitative estimate of drug-likeness (QED) is 0.426. The number of methoxy groups -OCH3 is 1. The van der Waals surface area contributed by atoms with Gasteiger partial charge in [-0.25, -0.2) is 23.2 Å². The SMILES string of the molecule is [2H]C([2H])([2H])OC1CCC2CNN(C([2H])([2H])[2H])C2C1NS(=O)(=O)C1CNN(C2CC(C(F)(F)F)CCN2)C1. The Morgan fingerprint density at radius 3 is 2.77 bits per heavy atom. The fourth-order valence-electron chi connectivity index (χ4n) is 5.16. The molecule has 13 heteroatoms. The van der Waals surface area contributed by atoms with Gasteiger partial charge in [0.2, 0.25) is 10.0 Å². The number of nitrogens with one attached hydrogen (secondary N) is 4. The fourth-order valence-corrected chi connectivity index (χ4v) is 6.68. The maximum absolute atomic E-state index is 13.5. The van der Waals surface area contributed by atoms with Gasteiger partial charge in [0.15, 0.2) is 0 Å². The molecule has 4 N–H and O–H groups in total. The van der Waals surface area contributed by atoms with Crippen LogP contribution in [0.3, 0.4) is 0 Å². The van der Waals surface area contributed by atoms with Crippen LogP contribution in [0.5, 0.6) is 0 Å². The zero-order chi connectivity index (χ0) is 27.4. The molecule has 3 aliphatic heterocycles. The van der Waals surface area contributed by atoms with Crippen molar-refractivity contribution in [3.05, 3.63) is 0 Å². The Labute approximate surface area is 189 Å². The summed E-state index contributed by atoms with van der Waals surface area (Å²) in [5, 5.41) is 4.37. The minimum atomic E-state index is -4.34. The minimum Gasteiger partial charge on any atom is -0.380 e. The van der Waals surface area contributed by atoms with Crippen LogP contribution < -0.4 is 20.9 Å². The highest BCUT2D eigenvalue weighted by Gasteiger charge is 2.49. The van der Waals surface area contributed by atoms with Crippen molar-refractivity contribution in [2.45, 2.75) is 61.5 Å². The Morgan fingerprint density at radius 1 is 1.19 bits per heavy atom. The summed E-state index contributed by atoms with van der Waals surface area (Å²) >= 11 is 0. The summed E-state index contributed by atoms with van der Waals surface area (Å²) in [4.78, 5) is 0. The van der Waals surface area contributed by atoms with Crippen molar-refractivity contribution in [1.29, 1.82) is 0 Å². The van der Waals surface area contributed by atoms with Gasteiger partial charge in [-0.1, -0.05) is 0 Å². The van der Waals surface area contributed by atoms with E-state index in [9.17, 15) is 21.6 Å². The molecule has 7 unspecified atom stereocenters. The highest BCUT2D eigenvalue weighted by atomic mass is 32.2. The molecule has 4 rings (SSSR count). The van der Waals surface area contributed by atoms with Crippen LogP contribution >= 0.6 is 0 Å². The molecule has 1 saturated carbocycles. The molecule has 4 aliphatic rings. The van der Waals surface area contributed by atoms with E-state index in [-0.39, 0.29) is 51.4 Å². The summed E-state index contributed by atoms with van der Waals surface area (Å²) < 4.78 is 120. The van der Waals surface area contributed by atoms with Gasteiger partial charge >= 0.3 is 6.18 Å². The van der Waals surface area contributed by atoms with Crippen molar-refractivity contribution in [2.75, 3.05) is 40.2 Å². The van der Waals surface area contributed by atoms with E-state index >= 15 is 0 Å². The second-order valence-corrected chi connectivity index (χ2v) is 10.8. The number of hydrogen-bond donors (Lipinski definition) is 4. The minimum absolute atomic E-state index is 0.0553. The van der Waals surface area contributed by atoms with E-state index in [0.29, 0.717) is 6.42 Å². The first-order valence-electron chi connectivity index (χ1n) is 13.5. The third kappa shape index (κ3) is 4.88. The normalized spacial score (nSPS) is 44.5. The lowest BCUT2D eigenvalue weighted by molar-refractivity contribution is -0.187. The lowest BCUT2D eigenvalue weighted by atomic mass is 9.80. The van der Waals surface area contributed by atoms with Crippen molar-refractivity contribution in [3.8, 4) is 0 Å². The van der Waals surface area contributed by atoms with Crippen molar-refractivity contribution in [2.24, 2.45) is 11.8 Å². The molecule has 1 aliphatic carbocycles. The van der Waals surface area contributed by atoms with E-state index in [1.165, 1.54) is 5.01 Å². The molecule has 0 aromatic heterocycles. The first-order chi connectivity index (χ1) is 17.0. The van der Waals surface area contributed by atoms with Crippen LogP contribution in [-0.4, -0.2) is 94.4 Å². The number of hydrazine groups is 2. The lowest BCUT2D eigenvalue weighted by Crippen LogP contribution is -2.61. The molecular weight excluding hydrogens is 437 g/mol. The van der Waals surface area contributed by atoms with E-state index in [0.717, 1.165) is 5.01 Å². The summed E-state index contributed by atoms with van der Waals surface area (Å²) in [5.74, 6) is -1.75. The van der Waals surface area contributed by atoms with Gasteiger partial charge in [-0.15, -0.1) is 0 Å². The third-order valence-corrected chi connectivity index (χ3v) is 8.72. The Balaban J connectivity index is 1.50. The first kappa shape index (κ1) is 17.0. The van der Waals surface area contributed by atoms with Crippen molar-refractivity contribution in [3.63, 3.8) is 0 Å². The second-order valence-electron chi connectivity index (χ2n) is 8.77. The van der Waals surface area contributed by atoms with E-state index in [1.54, 1.807) is 0 Å². The molecule has 3 heterocycles. The Morgan fingerprint density at radius 2 is 2.03 bits per heavy atom. The number of halogens is 3. The Kier molecular flexibility index (Phi) is 4.93. The molecule has 180 valence electrons. The predicted octanol–water partition coefficient (Wildman–Crippen LogP) is -0.405. The molecule has 9 nitrogen and oxygen atoms in total. The topological polar surface area (TPSA) is 98.0 Å². The van der Waals surface area contributed by atoms with Crippen LogP contribution in [0.4, 0.5) is 13.2 Å². The molecular formula is C18H33F3N6O3S. The highest BCUT2D eigenvalue weighted by molar-refractivity contribution is 7.90. The number of hydrogen-bond acceptors (Lipinski definition) is 8. The Hall–Kier alpha value is -0.540. The van der Waals surface area contributed by atoms with Gasteiger partial charge in [0.05, 0.1) is 28.3 Å². The van der Waals surface area contributed by atoms with E-state index < -0.39 is 65.7 Å². The van der Waals surface area contributed by atoms with Crippen LogP contribution in [0.2, 0.25) is 0 Å². The third-order valence-electron chi connectivity index (χ3n) is 6.93. The molecule has 31 heavy (non-hydrogen) atoms. The van der Waals surface area contributed by atoms with E-state index in [2.05, 4.69) is 20.9 Å². The number of alkyl halides is 3. The summed E-state index contributed by atoms with van der Waals surface area (Å²) in [7, 11) is -7.00. The monoisotopic (exact) mass is 476 g/mol. The first-order valence-corrected chi connectivity index (χ1v) is 12.0. The number of rotatable bonds is 5. The zero-order valence-electron chi connectivity index (χ0n) is 22.9. The number of fused-ring (bicyclic) bond motifs is 1. The smallest absolute Gasteiger partial charge is 0.380 e. The van der Waals surface area contributed by atoms with Crippen molar-refractivity contribution >= 4 is 10.0 Å². The van der Waals surface area contributed by atoms with Crippen LogP contribution in [-0.2, 0) is 14.8 Å². The van der Waals surface area contributed by atoms with E-state index in [4.69, 9.17) is 13.0 Å². The van der Waals surface area contributed by atoms with Gasteiger partial charge in [-0.3, -0.25) is 10.9 Å². The Bertz CT molecular complexity index is 926. The van der Waals surface area contributed by atoms with Crippen molar-refractivity contribution < 1.29 is 34.6 Å². The summed E-state index contributed by atoms with van der Waals surface area (Å²) in [6.45, 7) is -2.37. The van der Waals surface area contributed by atoms with Crippen LogP contribution in [0.25, 0.3) is 0 Å². The number of ether oxygens (including phenoxy) is 1. The molecule has 4 fully saturated rings. The molecule has 0 spiro atoms. The largest absolute Gasteiger partial charge is 0.391 e. The average molecular weight is 477 g/mol. The summed E-state index contributed by atoms with van der Waals surface area (Å²) in [5.41, 5.74) is 5.66. The van der Waals surface area contributed by atoms with Gasteiger partial charge in [0, 0.05) is 43.8 Å². The standard InChI is InChI=1S/C18H33F3N6O3S/c1-26-17-11(8-23-26)3-4-14(30-2)16(17)25-31(28,29)13-9-24-27(10-13)15-7-12(5-6-22-15)18(19,20)21/h11-17,22-25H,3-10H2,1-2H3/i1D3,2D3. The number of piperidine rings is 1. The molecule has 0 amide bonds. The molecule has 3 saturated heterocycles. The van der Waals surface area contributed by atoms with Crippen LogP contribution in [0.15, 0.2) is 0 Å². The maximum atomic E-state index is 13.5. The second kappa shape index (κ2) is 9.01. The van der Waals surface area contributed by atoms with Crippen LogP contribution in [0.1, 0.15) is 33.9 Å². The van der Waals surface area contributed by atoms with Gasteiger partial charge in [-0.05, 0) is 38.1 Å². The average Bonchev–Trinajstić information content (AvgIpc) is 3.42. The molecule has 0 aromatic carbocycles. The number of likely N-dealkylation sites (N-methyl/N-ethyl adjacent to an activating group) is 1. The highest BCUT2D eigenvalue weighted by Crippen LogP contribution is 2.35. The van der Waals surface area contributed by atoms with E-state index in [1.807, 2.05) is 0 Å². The number of nitrogens with zero attached hydrogens (tertiary/aromatic N) is 2. The lowest BCUT2D eigenvalue weighted by Gasteiger charge is -2.41. The molecule has 0 radical (unpaired) electrons.